The van der Waals surface area contributed by atoms with Crippen LogP contribution in [0.15, 0.2) is 0 Å². The van der Waals surface area contributed by atoms with Gasteiger partial charge in [0.15, 0.2) is 5.78 Å². The van der Waals surface area contributed by atoms with E-state index in [1.807, 2.05) is 0 Å². The number of hydrogen-bond donors (Lipinski definition) is 0. The molecule has 0 aromatic rings. The first kappa shape index (κ1) is 4.19. The fourth-order valence-electron chi connectivity index (χ4n) is 0.269. The van der Waals surface area contributed by atoms with Crippen LogP contribution in [0.1, 0.15) is 0 Å². The van der Waals surface area contributed by atoms with Crippen molar-refractivity contribution in [1.29, 1.82) is 0 Å². The van der Waals surface area contributed by atoms with Gasteiger partial charge in [0.25, 0.3) is 0 Å². The molecule has 6 heavy (non-hydrogen) atoms. The predicted molar refractivity (Wildman–Crippen MR) is 26.6 cm³/mol. The van der Waals surface area contributed by atoms with E-state index < -0.39 is 0 Å². The van der Waals surface area contributed by atoms with Gasteiger partial charge in [-0.1, -0.05) is 0 Å². The lowest BCUT2D eigenvalue weighted by Crippen LogP contribution is -2.27. The first-order valence-electron chi connectivity index (χ1n) is 1.78. The van der Waals surface area contributed by atoms with Crippen LogP contribution >= 0.6 is 11.8 Å². The van der Waals surface area contributed by atoms with Crippen molar-refractivity contribution < 1.29 is 4.79 Å². The largest absolute Gasteiger partial charge is 0.298 e. The standard InChI is InChI=1S/C4H5OS/c1-3-4(5)2-6-3/h3H,1-2H2. The van der Waals surface area contributed by atoms with E-state index in [2.05, 4.69) is 6.92 Å². The van der Waals surface area contributed by atoms with E-state index in [0.29, 0.717) is 11.5 Å². The summed E-state index contributed by atoms with van der Waals surface area (Å²) in [6.45, 7) is 3.54. The summed E-state index contributed by atoms with van der Waals surface area (Å²) < 4.78 is 0. The third-order valence-electron chi connectivity index (χ3n) is 0.786. The van der Waals surface area contributed by atoms with Crippen molar-refractivity contribution in [2.24, 2.45) is 0 Å². The number of ketones is 1. The molecule has 0 bridgehead atoms. The van der Waals surface area contributed by atoms with Crippen LogP contribution in [0.4, 0.5) is 0 Å². The van der Waals surface area contributed by atoms with Crippen molar-refractivity contribution >= 4 is 17.5 Å². The van der Waals surface area contributed by atoms with Gasteiger partial charge in [0.05, 0.1) is 11.0 Å². The quantitative estimate of drug-likeness (QED) is 0.442. The Balaban J connectivity index is 2.39. The Hall–Kier alpha value is 0.0200. The molecule has 0 amide bonds. The molecule has 1 aliphatic heterocycles. The van der Waals surface area contributed by atoms with Gasteiger partial charge in [0.2, 0.25) is 0 Å². The average Bonchev–Trinajstić information content (AvgIpc) is 1.61. The maximum absolute atomic E-state index is 10.1. The van der Waals surface area contributed by atoms with E-state index in [-0.39, 0.29) is 5.25 Å². The molecule has 0 saturated carbocycles. The zero-order valence-electron chi connectivity index (χ0n) is 3.31. The fourth-order valence-corrected chi connectivity index (χ4v) is 0.808. The molecule has 1 saturated heterocycles. The highest BCUT2D eigenvalue weighted by molar-refractivity contribution is 8.03. The second-order valence-electron chi connectivity index (χ2n) is 1.27. The van der Waals surface area contributed by atoms with E-state index in [4.69, 9.17) is 0 Å². The number of rotatable bonds is 0. The third kappa shape index (κ3) is 0.451. The van der Waals surface area contributed by atoms with Gasteiger partial charge in [-0.2, -0.15) is 0 Å². The van der Waals surface area contributed by atoms with Crippen molar-refractivity contribution in [3.05, 3.63) is 6.92 Å². The molecule has 1 nitrogen and oxygen atoms in total. The maximum Gasteiger partial charge on any atom is 0.155 e. The Morgan fingerprint density at radius 2 is 2.50 bits per heavy atom. The van der Waals surface area contributed by atoms with Crippen molar-refractivity contribution in [2.45, 2.75) is 5.25 Å². The van der Waals surface area contributed by atoms with Gasteiger partial charge in [-0.05, 0) is 6.92 Å². The molecule has 1 rings (SSSR count). The summed E-state index contributed by atoms with van der Waals surface area (Å²) in [6.07, 6.45) is 0. The lowest BCUT2D eigenvalue weighted by molar-refractivity contribution is -0.116. The van der Waals surface area contributed by atoms with E-state index in [1.165, 1.54) is 0 Å². The average molecular weight is 101 g/mol. The summed E-state index contributed by atoms with van der Waals surface area (Å²) in [5.41, 5.74) is 0. The van der Waals surface area contributed by atoms with Crippen molar-refractivity contribution in [3.63, 3.8) is 0 Å². The zero-order valence-corrected chi connectivity index (χ0v) is 4.12. The Morgan fingerprint density at radius 3 is 2.50 bits per heavy atom. The molecule has 1 unspecified atom stereocenters. The second kappa shape index (κ2) is 1.26. The molecule has 0 aromatic heterocycles. The molecule has 0 N–H and O–H groups in total. The molecular formula is C4H5OS. The number of thioether (sulfide) groups is 1. The molecule has 1 fully saturated rings. The Bertz CT molecular complexity index is 79.6. The molecule has 2 heteroatoms. The monoisotopic (exact) mass is 101 g/mol. The normalized spacial score (nSPS) is 32.8. The van der Waals surface area contributed by atoms with Gasteiger partial charge < -0.3 is 0 Å². The number of carbonyl (C=O) groups excluding carboxylic acids is 1. The van der Waals surface area contributed by atoms with E-state index in [0.717, 1.165) is 0 Å². The minimum atomic E-state index is 0.0602. The molecule has 0 aromatic carbocycles. The maximum atomic E-state index is 10.1. The van der Waals surface area contributed by atoms with Crippen LogP contribution in [0.5, 0.6) is 0 Å². The smallest absolute Gasteiger partial charge is 0.155 e. The Labute approximate surface area is 41.1 Å². The van der Waals surface area contributed by atoms with Crippen LogP contribution in [-0.4, -0.2) is 16.8 Å². The number of carbonyl (C=O) groups is 1. The zero-order chi connectivity index (χ0) is 4.57. The predicted octanol–water partition coefficient (Wildman–Crippen LogP) is 0.505. The summed E-state index contributed by atoms with van der Waals surface area (Å²) in [4.78, 5) is 10.1. The molecule has 1 atom stereocenters. The number of Topliss-reactive ketones (excluding diaryl/α,β-unsaturated/α-hetero) is 1. The van der Waals surface area contributed by atoms with Crippen molar-refractivity contribution in [2.75, 3.05) is 5.75 Å². The van der Waals surface area contributed by atoms with Crippen molar-refractivity contribution in [3.8, 4) is 0 Å². The van der Waals surface area contributed by atoms with Gasteiger partial charge >= 0.3 is 0 Å². The Morgan fingerprint density at radius 1 is 2.00 bits per heavy atom. The second-order valence-corrected chi connectivity index (χ2v) is 2.46. The minimum Gasteiger partial charge on any atom is -0.298 e. The van der Waals surface area contributed by atoms with Crippen LogP contribution < -0.4 is 0 Å². The molecule has 1 aliphatic rings. The topological polar surface area (TPSA) is 17.1 Å². The summed E-state index contributed by atoms with van der Waals surface area (Å²) >= 11 is 1.61. The summed E-state index contributed by atoms with van der Waals surface area (Å²) in [6, 6.07) is 0. The van der Waals surface area contributed by atoms with Crippen LogP contribution in [0, 0.1) is 6.92 Å². The molecule has 33 valence electrons. The van der Waals surface area contributed by atoms with E-state index in [9.17, 15) is 4.79 Å². The number of hydrogen-bond acceptors (Lipinski definition) is 2. The summed E-state index contributed by atoms with van der Waals surface area (Å²) in [5, 5.41) is 0.0602. The molecule has 1 heterocycles. The van der Waals surface area contributed by atoms with Crippen LogP contribution in [0.3, 0.4) is 0 Å². The molecular weight excluding hydrogens is 96.1 g/mol. The first-order valence-corrected chi connectivity index (χ1v) is 2.83. The minimum absolute atomic E-state index is 0.0602. The lowest BCUT2D eigenvalue weighted by Gasteiger charge is -2.16. The van der Waals surface area contributed by atoms with Crippen molar-refractivity contribution in [1.82, 2.24) is 0 Å². The highest BCUT2D eigenvalue weighted by atomic mass is 32.2. The highest BCUT2D eigenvalue weighted by Crippen LogP contribution is 2.21. The molecule has 1 radical (unpaired) electrons. The first-order chi connectivity index (χ1) is 2.80. The van der Waals surface area contributed by atoms with Gasteiger partial charge in [0, 0.05) is 0 Å². The summed E-state index contributed by atoms with van der Waals surface area (Å²) in [7, 11) is 0. The van der Waals surface area contributed by atoms with Crippen LogP contribution in [0.2, 0.25) is 0 Å². The van der Waals surface area contributed by atoms with Crippen LogP contribution in [-0.2, 0) is 4.79 Å². The van der Waals surface area contributed by atoms with Gasteiger partial charge in [-0.15, -0.1) is 11.8 Å². The van der Waals surface area contributed by atoms with Gasteiger partial charge in [-0.25, -0.2) is 0 Å². The highest BCUT2D eigenvalue weighted by Gasteiger charge is 2.22. The third-order valence-corrected chi connectivity index (χ3v) is 1.90. The molecule has 0 aliphatic carbocycles. The van der Waals surface area contributed by atoms with Gasteiger partial charge in [-0.3, -0.25) is 4.79 Å². The summed E-state index contributed by atoms with van der Waals surface area (Å²) in [5.74, 6) is 0.980. The van der Waals surface area contributed by atoms with Gasteiger partial charge in [0.1, 0.15) is 0 Å². The molecule has 0 spiro atoms. The van der Waals surface area contributed by atoms with E-state index >= 15 is 0 Å². The SMILES string of the molecule is [CH2]C1SCC1=O. The Kier molecular flexibility index (Phi) is 0.880. The fraction of sp³-hybridized carbons (Fsp3) is 0.500. The van der Waals surface area contributed by atoms with Crippen LogP contribution in [0.25, 0.3) is 0 Å². The van der Waals surface area contributed by atoms with E-state index in [1.54, 1.807) is 11.8 Å². The lowest BCUT2D eigenvalue weighted by atomic mass is 10.3.